The zero-order valence-electron chi connectivity index (χ0n) is 9.79. The summed E-state index contributed by atoms with van der Waals surface area (Å²) >= 11 is 0. The molecule has 1 saturated heterocycles. The van der Waals surface area contributed by atoms with E-state index in [0.717, 1.165) is 0 Å². The molecule has 0 aliphatic carbocycles. The van der Waals surface area contributed by atoms with Crippen LogP contribution in [0.4, 0.5) is 11.9 Å². The molecule has 1 aromatic heterocycles. The van der Waals surface area contributed by atoms with Crippen LogP contribution in [0, 0.1) is 5.41 Å². The highest BCUT2D eigenvalue weighted by atomic mass is 16.5. The van der Waals surface area contributed by atoms with Crippen LogP contribution in [0.1, 0.15) is 13.8 Å². The Kier molecular flexibility index (Phi) is 2.88. The number of nitrogens with zero attached hydrogens (tertiary/aromatic N) is 4. The topological polar surface area (TPSA) is 113 Å². The lowest BCUT2D eigenvalue weighted by Gasteiger charge is -2.35. The number of nitrogens with two attached hydrogens (primary N) is 1. The smallest absolute Gasteiger partial charge is 0.262 e. The van der Waals surface area contributed by atoms with E-state index >= 15 is 0 Å². The summed E-state index contributed by atoms with van der Waals surface area (Å²) in [6.45, 7) is 5.20. The minimum atomic E-state index is -0.334. The maximum Gasteiger partial charge on any atom is 0.262 e. The minimum absolute atomic E-state index is 0.0687. The first-order valence-electron chi connectivity index (χ1n) is 5.38. The van der Waals surface area contributed by atoms with Crippen LogP contribution >= 0.6 is 0 Å². The third-order valence-corrected chi connectivity index (χ3v) is 2.54. The van der Waals surface area contributed by atoms with Crippen molar-refractivity contribution >= 4 is 11.9 Å². The molecule has 17 heavy (non-hydrogen) atoms. The number of anilines is 2. The Balaban J connectivity index is 2.31. The van der Waals surface area contributed by atoms with Crippen molar-refractivity contribution in [2.24, 2.45) is 0 Å². The van der Waals surface area contributed by atoms with Crippen molar-refractivity contribution in [3.63, 3.8) is 0 Å². The van der Waals surface area contributed by atoms with E-state index in [1.54, 1.807) is 0 Å². The highest BCUT2D eigenvalue weighted by molar-refractivity contribution is 5.34. The zero-order valence-corrected chi connectivity index (χ0v) is 9.79. The van der Waals surface area contributed by atoms with Crippen LogP contribution in [-0.2, 0) is 4.74 Å². The second-order valence-electron chi connectivity index (χ2n) is 4.18. The van der Waals surface area contributed by atoms with Gasteiger partial charge in [0.05, 0.1) is 12.2 Å². The maximum absolute atomic E-state index is 9.27. The van der Waals surface area contributed by atoms with Gasteiger partial charge < -0.3 is 20.6 Å². The molecule has 2 heterocycles. The molecule has 8 heteroatoms. The largest absolute Gasteiger partial charge is 0.422 e. The highest BCUT2D eigenvalue weighted by Gasteiger charge is 2.24. The van der Waals surface area contributed by atoms with Gasteiger partial charge in [0, 0.05) is 13.1 Å². The molecule has 4 N–H and O–H groups in total. The van der Waals surface area contributed by atoms with Crippen molar-refractivity contribution in [2.45, 2.75) is 26.1 Å². The van der Waals surface area contributed by atoms with Crippen molar-refractivity contribution in [3.8, 4) is 0 Å². The predicted molar refractivity (Wildman–Crippen MR) is 59.7 cm³/mol. The van der Waals surface area contributed by atoms with Gasteiger partial charge in [0.25, 0.3) is 5.62 Å². The molecule has 0 aromatic carbocycles. The van der Waals surface area contributed by atoms with E-state index in [1.807, 2.05) is 18.7 Å². The fourth-order valence-corrected chi connectivity index (χ4v) is 1.91. The molecule has 1 aromatic rings. The molecule has 94 valence electrons. The summed E-state index contributed by atoms with van der Waals surface area (Å²) in [6.07, 6.45) is 0.137. The Morgan fingerprint density at radius 2 is 1.94 bits per heavy atom. The summed E-state index contributed by atoms with van der Waals surface area (Å²) < 4.78 is 6.03. The molecule has 0 amide bonds. The van der Waals surface area contributed by atoms with Gasteiger partial charge >= 0.3 is 0 Å². The molecule has 0 bridgehead atoms. The number of nitrogen functional groups attached to an aromatic ring is 1. The van der Waals surface area contributed by atoms with Gasteiger partial charge in [-0.3, -0.25) is 5.41 Å². The second kappa shape index (κ2) is 4.21. The molecule has 0 saturated carbocycles. The number of morpholine rings is 1. The quantitative estimate of drug-likeness (QED) is 0.553. The number of nitrogens with one attached hydrogen (secondary N) is 1. The van der Waals surface area contributed by atoms with Crippen LogP contribution in [0.2, 0.25) is 0 Å². The van der Waals surface area contributed by atoms with Crippen molar-refractivity contribution in [1.29, 1.82) is 5.41 Å². The van der Waals surface area contributed by atoms with Gasteiger partial charge in [-0.2, -0.15) is 9.97 Å². The third kappa shape index (κ3) is 2.31. The first-order valence-corrected chi connectivity index (χ1v) is 5.38. The van der Waals surface area contributed by atoms with Gasteiger partial charge in [-0.25, -0.2) is 0 Å². The van der Waals surface area contributed by atoms with Crippen molar-refractivity contribution in [1.82, 2.24) is 14.7 Å². The summed E-state index contributed by atoms with van der Waals surface area (Å²) in [6, 6.07) is 0. The van der Waals surface area contributed by atoms with Crippen LogP contribution < -0.4 is 16.3 Å². The Labute approximate surface area is 98.1 Å². The fourth-order valence-electron chi connectivity index (χ4n) is 1.91. The average molecular weight is 240 g/mol. The molecular formula is C9H16N6O2. The SMILES string of the molecule is CC1CN(c2nc(N)n(O)c(=N)n2)CC(C)O1. The Morgan fingerprint density at radius 3 is 2.47 bits per heavy atom. The van der Waals surface area contributed by atoms with Gasteiger partial charge in [-0.15, -0.1) is 4.73 Å². The normalized spacial score (nSPS) is 24.9. The number of ether oxygens (including phenoxy) is 1. The lowest BCUT2D eigenvalue weighted by atomic mass is 10.2. The molecule has 2 atom stereocenters. The van der Waals surface area contributed by atoms with E-state index in [9.17, 15) is 5.21 Å². The van der Waals surface area contributed by atoms with Crippen LogP contribution in [0.3, 0.4) is 0 Å². The Bertz CT molecular complexity index is 463. The summed E-state index contributed by atoms with van der Waals surface area (Å²) in [5, 5.41) is 16.7. The number of hydrogen-bond acceptors (Lipinski definition) is 7. The summed E-state index contributed by atoms with van der Waals surface area (Å²) in [5.74, 6) is 0.201. The molecule has 8 nitrogen and oxygen atoms in total. The molecule has 1 fully saturated rings. The summed E-state index contributed by atoms with van der Waals surface area (Å²) in [5.41, 5.74) is 5.15. The van der Waals surface area contributed by atoms with E-state index in [4.69, 9.17) is 15.9 Å². The van der Waals surface area contributed by atoms with Gasteiger partial charge in [0.15, 0.2) is 0 Å². The standard InChI is InChI=1S/C9H16N6O2/c1-5-3-14(4-6(2)17-5)9-12-7(10)15(16)8(11)13-9/h5-6,16H,3-4H2,1-2H3,(H3,10,11,12,13). The van der Waals surface area contributed by atoms with Crippen LogP contribution in [-0.4, -0.2) is 45.2 Å². The number of rotatable bonds is 1. The molecule has 1 aliphatic heterocycles. The van der Waals surface area contributed by atoms with E-state index in [-0.39, 0.29) is 23.8 Å². The minimum Gasteiger partial charge on any atom is -0.422 e. The average Bonchev–Trinajstić information content (AvgIpc) is 2.23. The Hall–Kier alpha value is -1.83. The lowest BCUT2D eigenvalue weighted by Crippen LogP contribution is -2.47. The zero-order chi connectivity index (χ0) is 12.6. The predicted octanol–water partition coefficient (Wildman–Crippen LogP) is -0.809. The van der Waals surface area contributed by atoms with Gasteiger partial charge in [0.2, 0.25) is 11.9 Å². The first-order chi connectivity index (χ1) is 7.97. The fraction of sp³-hybridized carbons (Fsp3) is 0.667. The van der Waals surface area contributed by atoms with E-state index in [2.05, 4.69) is 9.97 Å². The Morgan fingerprint density at radius 1 is 1.35 bits per heavy atom. The maximum atomic E-state index is 9.27. The third-order valence-electron chi connectivity index (χ3n) is 2.54. The van der Waals surface area contributed by atoms with Gasteiger partial charge in [-0.05, 0) is 13.8 Å². The van der Waals surface area contributed by atoms with Crippen LogP contribution in [0.5, 0.6) is 0 Å². The molecule has 0 radical (unpaired) electrons. The van der Waals surface area contributed by atoms with E-state index in [0.29, 0.717) is 23.8 Å². The van der Waals surface area contributed by atoms with E-state index < -0.39 is 0 Å². The molecule has 2 rings (SSSR count). The number of aromatic nitrogens is 3. The van der Waals surface area contributed by atoms with Crippen molar-refractivity contribution < 1.29 is 9.94 Å². The van der Waals surface area contributed by atoms with Crippen LogP contribution in [0.15, 0.2) is 0 Å². The molecule has 1 aliphatic rings. The number of hydrogen-bond donors (Lipinski definition) is 3. The molecule has 0 spiro atoms. The molecule has 2 unspecified atom stereocenters. The first kappa shape index (κ1) is 11.6. The van der Waals surface area contributed by atoms with Gasteiger partial charge in [-0.1, -0.05) is 0 Å². The lowest BCUT2D eigenvalue weighted by molar-refractivity contribution is -0.00581. The second-order valence-corrected chi connectivity index (χ2v) is 4.18. The van der Waals surface area contributed by atoms with Crippen LogP contribution in [0.25, 0.3) is 0 Å². The molecular weight excluding hydrogens is 224 g/mol. The summed E-state index contributed by atoms with van der Waals surface area (Å²) in [7, 11) is 0. The van der Waals surface area contributed by atoms with E-state index in [1.165, 1.54) is 0 Å². The van der Waals surface area contributed by atoms with Gasteiger partial charge in [0.1, 0.15) is 0 Å². The highest BCUT2D eigenvalue weighted by Crippen LogP contribution is 2.15. The van der Waals surface area contributed by atoms with Crippen molar-refractivity contribution in [3.05, 3.63) is 5.62 Å². The monoisotopic (exact) mass is 240 g/mol. The summed E-state index contributed by atoms with van der Waals surface area (Å²) in [4.78, 5) is 9.74. The van der Waals surface area contributed by atoms with Crippen molar-refractivity contribution in [2.75, 3.05) is 23.7 Å².